The molecule has 4 rings (SSSR count). The molecule has 0 radical (unpaired) electrons. The van der Waals surface area contributed by atoms with E-state index in [-0.39, 0.29) is 24.3 Å². The van der Waals surface area contributed by atoms with Crippen molar-refractivity contribution < 1.29 is 19.8 Å². The highest BCUT2D eigenvalue weighted by molar-refractivity contribution is 6.30. The summed E-state index contributed by atoms with van der Waals surface area (Å²) in [6.45, 7) is 2.08. The third kappa shape index (κ3) is 7.64. The average molecular weight is 552 g/mol. The summed E-state index contributed by atoms with van der Waals surface area (Å²) in [4.78, 5) is 24.7. The van der Waals surface area contributed by atoms with Crippen LogP contribution in [0.15, 0.2) is 73.0 Å². The summed E-state index contributed by atoms with van der Waals surface area (Å²) in [5.74, 6) is -1.17. The number of carboxylic acids is 1. The van der Waals surface area contributed by atoms with Crippen LogP contribution in [-0.2, 0) is 20.7 Å². The molecule has 4 N–H and O–H groups in total. The molecule has 2 aromatic carbocycles. The van der Waals surface area contributed by atoms with Gasteiger partial charge in [0.2, 0.25) is 5.91 Å². The predicted molar refractivity (Wildman–Crippen MR) is 155 cm³/mol. The van der Waals surface area contributed by atoms with Crippen LogP contribution in [-0.4, -0.2) is 41.7 Å². The topological polar surface area (TPSA) is 102 Å². The Balaban J connectivity index is 1.33. The first-order valence-corrected chi connectivity index (χ1v) is 14.1. The van der Waals surface area contributed by atoms with Crippen molar-refractivity contribution in [1.29, 1.82) is 0 Å². The van der Waals surface area contributed by atoms with E-state index in [1.807, 2.05) is 36.5 Å². The molecule has 2 heterocycles. The van der Waals surface area contributed by atoms with Crippen LogP contribution in [0.1, 0.15) is 62.5 Å². The van der Waals surface area contributed by atoms with Crippen molar-refractivity contribution in [2.75, 3.05) is 24.5 Å². The van der Waals surface area contributed by atoms with Crippen molar-refractivity contribution in [1.82, 2.24) is 10.6 Å². The van der Waals surface area contributed by atoms with E-state index in [2.05, 4.69) is 52.0 Å². The summed E-state index contributed by atoms with van der Waals surface area (Å²) < 4.78 is 0. The zero-order valence-electron chi connectivity index (χ0n) is 22.2. The van der Waals surface area contributed by atoms with Crippen molar-refractivity contribution in [3.8, 4) is 0 Å². The standard InChI is InChI=1S/C31H38ClN3O4/c32-26-11-9-24(10-12-26)31(39)17-21-35(22-18-31)27-8-6-7-25(23-27)30(16-3-5-20-34-30)15-2-1-4-19-33-28(36)13-14-29(37)38/h3,5-12,16,20,23,34,39H,1-2,4,13-15,17-19,21-22H2,(H,33,36)(H,37,38). The molecule has 2 aromatic rings. The number of allylic oxidation sites excluding steroid dienone is 2. The molecular weight excluding hydrogens is 514 g/mol. The average Bonchev–Trinajstić information content (AvgIpc) is 2.95. The minimum Gasteiger partial charge on any atom is -0.481 e. The molecule has 0 aromatic heterocycles. The fraction of sp³-hybridized carbons (Fsp3) is 0.419. The number of piperidine rings is 1. The monoisotopic (exact) mass is 551 g/mol. The lowest BCUT2D eigenvalue weighted by Crippen LogP contribution is -2.43. The summed E-state index contributed by atoms with van der Waals surface area (Å²) >= 11 is 6.04. The molecule has 0 spiro atoms. The second-order valence-corrected chi connectivity index (χ2v) is 10.9. The molecule has 0 saturated carbocycles. The fourth-order valence-electron chi connectivity index (χ4n) is 5.41. The van der Waals surface area contributed by atoms with Gasteiger partial charge in [0.15, 0.2) is 0 Å². The fourth-order valence-corrected chi connectivity index (χ4v) is 5.53. The number of benzene rings is 2. The molecule has 1 fully saturated rings. The Hall–Kier alpha value is -3.29. The molecule has 208 valence electrons. The number of rotatable bonds is 12. The van der Waals surface area contributed by atoms with Gasteiger partial charge in [-0.15, -0.1) is 0 Å². The number of aliphatic carboxylic acids is 1. The summed E-state index contributed by atoms with van der Waals surface area (Å²) in [7, 11) is 0. The third-order valence-corrected chi connectivity index (χ3v) is 8.02. The molecule has 8 heteroatoms. The SMILES string of the molecule is O=C(O)CCC(=O)NCCCCCC1(c2cccc(N3CCC(O)(c4ccc(Cl)cc4)CC3)c2)C=CC=CN1. The number of hydrogen-bond donors (Lipinski definition) is 4. The highest BCUT2D eigenvalue weighted by Crippen LogP contribution is 2.37. The van der Waals surface area contributed by atoms with E-state index in [1.165, 1.54) is 5.56 Å². The van der Waals surface area contributed by atoms with Gasteiger partial charge in [-0.2, -0.15) is 0 Å². The first-order valence-electron chi connectivity index (χ1n) is 13.7. The lowest BCUT2D eigenvalue weighted by Gasteiger charge is -2.40. The minimum absolute atomic E-state index is 0.0211. The van der Waals surface area contributed by atoms with E-state index in [0.29, 0.717) is 24.4 Å². The number of carbonyl (C=O) groups excluding carboxylic acids is 1. The molecular formula is C31H38ClN3O4. The van der Waals surface area contributed by atoms with Gasteiger partial charge >= 0.3 is 5.97 Å². The van der Waals surface area contributed by atoms with Crippen LogP contribution in [0.4, 0.5) is 5.69 Å². The number of hydrogen-bond acceptors (Lipinski definition) is 5. The summed E-state index contributed by atoms with van der Waals surface area (Å²) in [6.07, 6.45) is 13.1. The molecule has 1 amide bonds. The van der Waals surface area contributed by atoms with Gasteiger partial charge in [-0.1, -0.05) is 60.9 Å². The van der Waals surface area contributed by atoms with Crippen LogP contribution < -0.4 is 15.5 Å². The summed E-state index contributed by atoms with van der Waals surface area (Å²) in [6, 6.07) is 16.2. The maximum absolute atomic E-state index is 11.7. The first-order chi connectivity index (χ1) is 18.8. The van der Waals surface area contributed by atoms with Crippen LogP contribution in [0.5, 0.6) is 0 Å². The lowest BCUT2D eigenvalue weighted by molar-refractivity contribution is -0.138. The van der Waals surface area contributed by atoms with Gasteiger partial charge in [0, 0.05) is 36.8 Å². The van der Waals surface area contributed by atoms with Crippen molar-refractivity contribution in [2.24, 2.45) is 0 Å². The van der Waals surface area contributed by atoms with Crippen LogP contribution >= 0.6 is 11.6 Å². The van der Waals surface area contributed by atoms with Crippen LogP contribution in [0.25, 0.3) is 0 Å². The Kier molecular flexibility index (Phi) is 9.70. The Morgan fingerprint density at radius 3 is 2.44 bits per heavy atom. The Labute approximate surface area is 235 Å². The normalized spacial score (nSPS) is 19.9. The number of unbranched alkanes of at least 4 members (excludes halogenated alkanes) is 2. The Morgan fingerprint density at radius 1 is 0.974 bits per heavy atom. The number of halogens is 1. The number of carboxylic acid groups (broad SMARTS) is 1. The Morgan fingerprint density at radius 2 is 1.74 bits per heavy atom. The maximum Gasteiger partial charge on any atom is 0.303 e. The van der Waals surface area contributed by atoms with Crippen LogP contribution in [0.2, 0.25) is 5.02 Å². The number of aliphatic hydroxyl groups is 1. The molecule has 2 aliphatic rings. The number of nitrogens with one attached hydrogen (secondary N) is 2. The van der Waals surface area contributed by atoms with E-state index < -0.39 is 11.6 Å². The largest absolute Gasteiger partial charge is 0.481 e. The van der Waals surface area contributed by atoms with Gasteiger partial charge in [-0.05, 0) is 73.4 Å². The van der Waals surface area contributed by atoms with Gasteiger partial charge in [-0.25, -0.2) is 0 Å². The van der Waals surface area contributed by atoms with E-state index in [1.54, 1.807) is 0 Å². The molecule has 1 atom stereocenters. The number of anilines is 1. The minimum atomic E-state index is -0.957. The van der Waals surface area contributed by atoms with E-state index in [4.69, 9.17) is 16.7 Å². The van der Waals surface area contributed by atoms with Crippen LogP contribution in [0.3, 0.4) is 0 Å². The zero-order chi connectivity index (χ0) is 27.7. The maximum atomic E-state index is 11.7. The van der Waals surface area contributed by atoms with Crippen LogP contribution in [0, 0.1) is 0 Å². The number of amides is 1. The van der Waals surface area contributed by atoms with Crippen molar-refractivity contribution in [2.45, 2.75) is 62.5 Å². The second kappa shape index (κ2) is 13.2. The van der Waals surface area contributed by atoms with Gasteiger partial charge < -0.3 is 25.7 Å². The van der Waals surface area contributed by atoms with Crippen molar-refractivity contribution in [3.05, 3.63) is 89.1 Å². The third-order valence-electron chi connectivity index (χ3n) is 7.76. The molecule has 7 nitrogen and oxygen atoms in total. The number of nitrogens with zero attached hydrogens (tertiary/aromatic N) is 1. The second-order valence-electron chi connectivity index (χ2n) is 10.5. The van der Waals surface area contributed by atoms with Gasteiger partial charge in [0.05, 0.1) is 17.6 Å². The van der Waals surface area contributed by atoms with Gasteiger partial charge in [0.25, 0.3) is 0 Å². The van der Waals surface area contributed by atoms with E-state index in [0.717, 1.165) is 50.0 Å². The Bertz CT molecular complexity index is 1190. The first kappa shape index (κ1) is 28.7. The molecule has 1 saturated heterocycles. The zero-order valence-corrected chi connectivity index (χ0v) is 23.0. The van der Waals surface area contributed by atoms with Crippen molar-refractivity contribution >= 4 is 29.2 Å². The predicted octanol–water partition coefficient (Wildman–Crippen LogP) is 5.24. The smallest absolute Gasteiger partial charge is 0.303 e. The summed E-state index contributed by atoms with van der Waals surface area (Å²) in [5.41, 5.74) is 2.12. The van der Waals surface area contributed by atoms with E-state index >= 15 is 0 Å². The highest BCUT2D eigenvalue weighted by atomic mass is 35.5. The highest BCUT2D eigenvalue weighted by Gasteiger charge is 2.35. The molecule has 2 aliphatic heterocycles. The lowest BCUT2D eigenvalue weighted by atomic mass is 9.82. The molecule has 1 unspecified atom stereocenters. The number of dihydropyridines is 1. The van der Waals surface area contributed by atoms with Crippen molar-refractivity contribution in [3.63, 3.8) is 0 Å². The molecule has 0 bridgehead atoms. The molecule has 0 aliphatic carbocycles. The van der Waals surface area contributed by atoms with Gasteiger partial charge in [0.1, 0.15) is 0 Å². The summed E-state index contributed by atoms with van der Waals surface area (Å²) in [5, 5.41) is 27.1. The molecule has 39 heavy (non-hydrogen) atoms. The number of carbonyl (C=O) groups is 2. The van der Waals surface area contributed by atoms with Gasteiger partial charge in [-0.3, -0.25) is 9.59 Å². The quantitative estimate of drug-likeness (QED) is 0.269. The van der Waals surface area contributed by atoms with E-state index in [9.17, 15) is 14.7 Å².